The molecule has 0 bridgehead atoms. The third kappa shape index (κ3) is 2.46. The van der Waals surface area contributed by atoms with Gasteiger partial charge in [0.15, 0.2) is 9.84 Å². The summed E-state index contributed by atoms with van der Waals surface area (Å²) in [5.74, 6) is -0.915. The number of nitrogens with zero attached hydrogens (tertiary/aromatic N) is 1. The van der Waals surface area contributed by atoms with Crippen LogP contribution in [0, 0.1) is 0 Å². The number of sulfone groups is 1. The van der Waals surface area contributed by atoms with Crippen LogP contribution in [0.3, 0.4) is 0 Å². The second-order valence-corrected chi connectivity index (χ2v) is 6.47. The van der Waals surface area contributed by atoms with Crippen LogP contribution in [0.5, 0.6) is 0 Å². The summed E-state index contributed by atoms with van der Waals surface area (Å²) in [5, 5.41) is 8.25. The highest BCUT2D eigenvalue weighted by molar-refractivity contribution is 7.91. The molecule has 0 aliphatic carbocycles. The summed E-state index contributed by atoms with van der Waals surface area (Å²) in [6.07, 6.45) is 4.75. The normalized spacial score (nSPS) is 23.2. The van der Waals surface area contributed by atoms with Gasteiger partial charge in [-0.15, -0.1) is 0 Å². The van der Waals surface area contributed by atoms with Crippen molar-refractivity contribution in [2.24, 2.45) is 0 Å². The number of carboxylic acids is 1. The van der Waals surface area contributed by atoms with Crippen LogP contribution in [0.15, 0.2) is 18.5 Å². The molecule has 92 valence electrons. The molecule has 1 aromatic rings. The van der Waals surface area contributed by atoms with E-state index in [1.165, 1.54) is 18.5 Å². The Balaban J connectivity index is 2.39. The molecule has 17 heavy (non-hydrogen) atoms. The number of carbonyl (C=O) groups is 1. The number of hydrogen-bond acceptors (Lipinski definition) is 4. The van der Waals surface area contributed by atoms with Crippen LogP contribution >= 0.6 is 0 Å². The number of rotatable bonds is 2. The first-order valence-electron chi connectivity index (χ1n) is 5.40. The second kappa shape index (κ2) is 4.44. The highest BCUT2D eigenvalue weighted by Gasteiger charge is 2.30. The Morgan fingerprint density at radius 1 is 1.35 bits per heavy atom. The summed E-state index contributed by atoms with van der Waals surface area (Å²) >= 11 is 0. The van der Waals surface area contributed by atoms with Gasteiger partial charge in [-0.25, -0.2) is 13.2 Å². The van der Waals surface area contributed by atoms with Crippen molar-refractivity contribution in [1.29, 1.82) is 0 Å². The molecule has 1 fully saturated rings. The summed E-state index contributed by atoms with van der Waals surface area (Å²) in [6.45, 7) is 0. The van der Waals surface area contributed by atoms with E-state index in [0.717, 1.165) is 6.42 Å². The minimum atomic E-state index is -3.15. The van der Waals surface area contributed by atoms with Crippen molar-refractivity contribution in [1.82, 2.24) is 4.98 Å². The lowest BCUT2D eigenvalue weighted by Crippen LogP contribution is -2.22. The molecule has 0 radical (unpaired) electrons. The van der Waals surface area contributed by atoms with Gasteiger partial charge in [-0.3, -0.25) is 4.98 Å². The zero-order valence-corrected chi connectivity index (χ0v) is 9.98. The van der Waals surface area contributed by atoms with Crippen LogP contribution in [0.4, 0.5) is 0 Å². The summed E-state index contributed by atoms with van der Waals surface area (Å²) in [5.41, 5.74) is 0.521. The first kappa shape index (κ1) is 12.0. The SMILES string of the molecule is O=C(O)c1cncc(C2CCCCS2(=O)=O)c1. The summed E-state index contributed by atoms with van der Waals surface area (Å²) in [7, 11) is -3.15. The maximum atomic E-state index is 11.9. The van der Waals surface area contributed by atoms with E-state index in [2.05, 4.69) is 4.98 Å². The summed E-state index contributed by atoms with van der Waals surface area (Å²) in [4.78, 5) is 14.6. The molecule has 1 unspecified atom stereocenters. The van der Waals surface area contributed by atoms with Gasteiger partial charge in [0.2, 0.25) is 0 Å². The fraction of sp³-hybridized carbons (Fsp3) is 0.455. The van der Waals surface area contributed by atoms with Crippen molar-refractivity contribution < 1.29 is 18.3 Å². The molecular weight excluding hydrogens is 242 g/mol. The maximum Gasteiger partial charge on any atom is 0.337 e. The molecule has 1 N–H and O–H groups in total. The smallest absolute Gasteiger partial charge is 0.337 e. The van der Waals surface area contributed by atoms with E-state index in [9.17, 15) is 13.2 Å². The first-order chi connectivity index (χ1) is 8.00. The molecule has 6 heteroatoms. The number of carboxylic acid groups (broad SMARTS) is 1. The van der Waals surface area contributed by atoms with Gasteiger partial charge in [-0.1, -0.05) is 6.42 Å². The molecule has 2 rings (SSSR count). The quantitative estimate of drug-likeness (QED) is 0.863. The highest BCUT2D eigenvalue weighted by atomic mass is 32.2. The topological polar surface area (TPSA) is 84.3 Å². The van der Waals surface area contributed by atoms with E-state index >= 15 is 0 Å². The van der Waals surface area contributed by atoms with Crippen molar-refractivity contribution in [3.63, 3.8) is 0 Å². The van der Waals surface area contributed by atoms with Gasteiger partial charge in [0.1, 0.15) is 0 Å². The number of aromatic carboxylic acids is 1. The van der Waals surface area contributed by atoms with E-state index < -0.39 is 21.1 Å². The standard InChI is InChI=1S/C11H13NO4S/c13-11(14)9-5-8(6-12-7-9)10-3-1-2-4-17(10,15)16/h5-7,10H,1-4H2,(H,13,14). The molecule has 1 saturated heterocycles. The Labute approximate surface area is 99.4 Å². The van der Waals surface area contributed by atoms with Crippen molar-refractivity contribution in [2.45, 2.75) is 24.5 Å². The van der Waals surface area contributed by atoms with Gasteiger partial charge >= 0.3 is 5.97 Å². The fourth-order valence-electron chi connectivity index (χ4n) is 2.08. The van der Waals surface area contributed by atoms with Crippen LogP contribution in [0.1, 0.15) is 40.4 Å². The van der Waals surface area contributed by atoms with Crippen LogP contribution in [0.25, 0.3) is 0 Å². The predicted molar refractivity (Wildman–Crippen MR) is 61.6 cm³/mol. The molecule has 5 nitrogen and oxygen atoms in total. The van der Waals surface area contributed by atoms with Crippen molar-refractivity contribution >= 4 is 15.8 Å². The molecule has 1 aromatic heterocycles. The molecule has 1 aliphatic rings. The van der Waals surface area contributed by atoms with Crippen LogP contribution < -0.4 is 0 Å². The fourth-order valence-corrected chi connectivity index (χ4v) is 4.04. The highest BCUT2D eigenvalue weighted by Crippen LogP contribution is 2.33. The van der Waals surface area contributed by atoms with Crippen LogP contribution in [0.2, 0.25) is 0 Å². The van der Waals surface area contributed by atoms with Gasteiger partial charge in [0.05, 0.1) is 16.6 Å². The maximum absolute atomic E-state index is 11.9. The van der Waals surface area contributed by atoms with Crippen molar-refractivity contribution in [2.75, 3.05) is 5.75 Å². The van der Waals surface area contributed by atoms with Gasteiger partial charge in [0.25, 0.3) is 0 Å². The van der Waals surface area contributed by atoms with Crippen molar-refractivity contribution in [3.05, 3.63) is 29.6 Å². The lowest BCUT2D eigenvalue weighted by atomic mass is 10.1. The van der Waals surface area contributed by atoms with E-state index in [-0.39, 0.29) is 11.3 Å². The largest absolute Gasteiger partial charge is 0.478 e. The second-order valence-electron chi connectivity index (χ2n) is 4.16. The first-order valence-corrected chi connectivity index (χ1v) is 7.12. The summed E-state index contributed by atoms with van der Waals surface area (Å²) < 4.78 is 23.8. The predicted octanol–water partition coefficient (Wildman–Crippen LogP) is 1.42. The van der Waals surface area contributed by atoms with Crippen molar-refractivity contribution in [3.8, 4) is 0 Å². The molecule has 1 atom stereocenters. The zero-order chi connectivity index (χ0) is 12.5. The minimum absolute atomic E-state index is 0.0308. The molecule has 0 spiro atoms. The van der Waals surface area contributed by atoms with E-state index in [0.29, 0.717) is 18.4 Å². The number of aromatic nitrogens is 1. The van der Waals surface area contributed by atoms with Crippen LogP contribution in [-0.2, 0) is 9.84 Å². The molecule has 0 saturated carbocycles. The average molecular weight is 255 g/mol. The molecular formula is C11H13NO4S. The Bertz CT molecular complexity index is 538. The van der Waals surface area contributed by atoms with Gasteiger partial charge in [0, 0.05) is 12.4 Å². The molecule has 1 aliphatic heterocycles. The van der Waals surface area contributed by atoms with Crippen LogP contribution in [-0.4, -0.2) is 30.2 Å². The van der Waals surface area contributed by atoms with Gasteiger partial charge < -0.3 is 5.11 Å². The Morgan fingerprint density at radius 3 is 2.76 bits per heavy atom. The molecule has 0 amide bonds. The minimum Gasteiger partial charge on any atom is -0.478 e. The van der Waals surface area contributed by atoms with E-state index in [1.807, 2.05) is 0 Å². The molecule has 2 heterocycles. The number of hydrogen-bond donors (Lipinski definition) is 1. The van der Waals surface area contributed by atoms with E-state index in [4.69, 9.17) is 5.11 Å². The Hall–Kier alpha value is -1.43. The lowest BCUT2D eigenvalue weighted by molar-refractivity contribution is 0.0696. The number of pyridine rings is 1. The molecule has 0 aromatic carbocycles. The van der Waals surface area contributed by atoms with E-state index in [1.54, 1.807) is 0 Å². The van der Waals surface area contributed by atoms with Gasteiger partial charge in [-0.05, 0) is 24.5 Å². The third-order valence-electron chi connectivity index (χ3n) is 2.96. The Kier molecular flexibility index (Phi) is 3.15. The lowest BCUT2D eigenvalue weighted by Gasteiger charge is -2.22. The third-order valence-corrected chi connectivity index (χ3v) is 5.19. The van der Waals surface area contributed by atoms with Gasteiger partial charge in [-0.2, -0.15) is 0 Å². The Morgan fingerprint density at radius 2 is 2.12 bits per heavy atom. The summed E-state index contributed by atoms with van der Waals surface area (Å²) in [6, 6.07) is 1.41. The monoisotopic (exact) mass is 255 g/mol. The average Bonchev–Trinajstić information content (AvgIpc) is 2.28. The zero-order valence-electron chi connectivity index (χ0n) is 9.17.